The third kappa shape index (κ3) is 4.42. The van der Waals surface area contributed by atoms with E-state index in [2.05, 4.69) is 20.8 Å². The second-order valence-electron chi connectivity index (χ2n) is 3.50. The molecule has 3 heteroatoms. The van der Waals surface area contributed by atoms with Crippen molar-refractivity contribution < 1.29 is 4.79 Å². The fourth-order valence-corrected chi connectivity index (χ4v) is 0.409. The van der Waals surface area contributed by atoms with E-state index in [0.717, 1.165) is 0 Å². The molecule has 0 saturated heterocycles. The van der Waals surface area contributed by atoms with E-state index >= 15 is 0 Å². The number of primary amides is 1. The molecule has 1 amide bonds. The molecule has 0 aliphatic carbocycles. The second kappa shape index (κ2) is 3.42. The Balaban J connectivity index is 4.07. The summed E-state index contributed by atoms with van der Waals surface area (Å²) < 4.78 is 0. The summed E-state index contributed by atoms with van der Waals surface area (Å²) >= 11 is 0. The first-order chi connectivity index (χ1) is 4.84. The first-order valence-electron chi connectivity index (χ1n) is 3.54. The molecule has 0 rings (SSSR count). The maximum absolute atomic E-state index is 10.3. The summed E-state index contributed by atoms with van der Waals surface area (Å²) in [5.74, 6) is -0.416. The van der Waals surface area contributed by atoms with E-state index < -0.39 is 5.91 Å². The molecule has 0 unspecified atom stereocenters. The Morgan fingerprint density at radius 1 is 1.45 bits per heavy atom. The van der Waals surface area contributed by atoms with Crippen LogP contribution in [0.3, 0.4) is 0 Å². The average Bonchev–Trinajstić information content (AvgIpc) is 1.80. The number of amides is 1. The minimum Gasteiger partial charge on any atom is -0.375 e. The van der Waals surface area contributed by atoms with Crippen LogP contribution in [0, 0.1) is 0 Å². The fourth-order valence-electron chi connectivity index (χ4n) is 0.409. The van der Waals surface area contributed by atoms with Gasteiger partial charge in [-0.15, -0.1) is 0 Å². The third-order valence-corrected chi connectivity index (χ3v) is 1.52. The van der Waals surface area contributed by atoms with Gasteiger partial charge in [-0.25, -0.2) is 0 Å². The average molecular weight is 156 g/mol. The van der Waals surface area contributed by atoms with E-state index in [1.165, 1.54) is 6.08 Å². The number of hydrogen-bond donors (Lipinski definition) is 1. The molecule has 0 aromatic heterocycles. The van der Waals surface area contributed by atoms with Crippen LogP contribution in [0.15, 0.2) is 12.3 Å². The molecule has 0 aromatic carbocycles. The molecule has 0 bridgehead atoms. The molecule has 11 heavy (non-hydrogen) atoms. The molecule has 0 spiro atoms. The van der Waals surface area contributed by atoms with E-state index in [1.807, 2.05) is 11.9 Å². The van der Waals surface area contributed by atoms with Crippen LogP contribution in [0.2, 0.25) is 0 Å². The summed E-state index contributed by atoms with van der Waals surface area (Å²) in [7, 11) is 1.90. The Morgan fingerprint density at radius 2 is 1.91 bits per heavy atom. The van der Waals surface area contributed by atoms with Gasteiger partial charge in [-0.3, -0.25) is 4.79 Å². The lowest BCUT2D eigenvalue weighted by Gasteiger charge is -2.30. The van der Waals surface area contributed by atoms with Crippen LogP contribution < -0.4 is 5.73 Å². The van der Waals surface area contributed by atoms with Crippen LogP contribution in [0.5, 0.6) is 0 Å². The normalized spacial score (nSPS) is 12.0. The predicted octanol–water partition coefficient (Wildman–Crippen LogP) is 0.716. The molecule has 0 aromatic rings. The smallest absolute Gasteiger partial charge is 0.242 e. The minimum absolute atomic E-state index is 0.0337. The summed E-state index contributed by atoms with van der Waals surface area (Å²) in [6.45, 7) is 6.16. The monoisotopic (exact) mass is 156 g/mol. The molecule has 0 fully saturated rings. The zero-order valence-electron chi connectivity index (χ0n) is 7.59. The first-order valence-corrected chi connectivity index (χ1v) is 3.54. The Hall–Kier alpha value is -0.990. The molecule has 0 aliphatic heterocycles. The van der Waals surface area contributed by atoms with Gasteiger partial charge in [0.05, 0.1) is 0 Å². The van der Waals surface area contributed by atoms with Crippen molar-refractivity contribution in [3.63, 3.8) is 0 Å². The van der Waals surface area contributed by atoms with Crippen molar-refractivity contribution in [3.8, 4) is 0 Å². The minimum atomic E-state index is -0.416. The standard InChI is InChI=1S/C8H16N2O/c1-8(2,3)10(4)6-5-7(9)11/h5-6H,1-4H3,(H2,9,11)/b6-5+. The van der Waals surface area contributed by atoms with Gasteiger partial charge in [-0.05, 0) is 20.8 Å². The number of carbonyl (C=O) groups is 1. The van der Waals surface area contributed by atoms with Gasteiger partial charge in [-0.2, -0.15) is 0 Å². The van der Waals surface area contributed by atoms with E-state index in [-0.39, 0.29) is 5.54 Å². The van der Waals surface area contributed by atoms with Crippen molar-refractivity contribution in [1.29, 1.82) is 0 Å². The number of carbonyl (C=O) groups excluding carboxylic acids is 1. The highest BCUT2D eigenvalue weighted by Crippen LogP contribution is 2.09. The Kier molecular flexibility index (Phi) is 3.11. The highest BCUT2D eigenvalue weighted by molar-refractivity contribution is 5.85. The summed E-state index contributed by atoms with van der Waals surface area (Å²) in [4.78, 5) is 12.3. The zero-order valence-corrected chi connectivity index (χ0v) is 7.59. The van der Waals surface area contributed by atoms with Crippen molar-refractivity contribution >= 4 is 5.91 Å². The van der Waals surface area contributed by atoms with Gasteiger partial charge in [0.2, 0.25) is 5.91 Å². The van der Waals surface area contributed by atoms with Gasteiger partial charge in [0.1, 0.15) is 0 Å². The van der Waals surface area contributed by atoms with Crippen LogP contribution in [0.25, 0.3) is 0 Å². The SMILES string of the molecule is CN(/C=C/C(N)=O)C(C)(C)C. The molecule has 0 radical (unpaired) electrons. The van der Waals surface area contributed by atoms with Crippen LogP contribution in [-0.2, 0) is 4.79 Å². The Morgan fingerprint density at radius 3 is 2.18 bits per heavy atom. The van der Waals surface area contributed by atoms with Crippen molar-refractivity contribution in [3.05, 3.63) is 12.3 Å². The molecule has 0 heterocycles. The first kappa shape index (κ1) is 10.0. The van der Waals surface area contributed by atoms with Gasteiger partial charge in [-0.1, -0.05) is 0 Å². The molecular weight excluding hydrogens is 140 g/mol. The highest BCUT2D eigenvalue weighted by Gasteiger charge is 2.12. The second-order valence-corrected chi connectivity index (χ2v) is 3.50. The van der Waals surface area contributed by atoms with Crippen molar-refractivity contribution in [2.45, 2.75) is 26.3 Å². The predicted molar refractivity (Wildman–Crippen MR) is 45.9 cm³/mol. The highest BCUT2D eigenvalue weighted by atomic mass is 16.1. The van der Waals surface area contributed by atoms with Crippen molar-refractivity contribution in [2.75, 3.05) is 7.05 Å². The molecule has 64 valence electrons. The lowest BCUT2D eigenvalue weighted by atomic mass is 10.1. The molecule has 2 N–H and O–H groups in total. The van der Waals surface area contributed by atoms with E-state index in [4.69, 9.17) is 5.73 Å². The summed E-state index contributed by atoms with van der Waals surface area (Å²) in [5, 5.41) is 0. The number of hydrogen-bond acceptors (Lipinski definition) is 2. The Labute approximate surface area is 67.9 Å². The number of nitrogens with zero attached hydrogens (tertiary/aromatic N) is 1. The summed E-state index contributed by atoms with van der Waals surface area (Å²) in [6.07, 6.45) is 3.04. The molecule has 0 aliphatic rings. The number of rotatable bonds is 2. The zero-order chi connectivity index (χ0) is 9.07. The van der Waals surface area contributed by atoms with E-state index in [1.54, 1.807) is 6.20 Å². The van der Waals surface area contributed by atoms with Gasteiger partial charge in [0, 0.05) is 24.9 Å². The lowest BCUT2D eigenvalue weighted by Crippen LogP contribution is -2.33. The van der Waals surface area contributed by atoms with Crippen LogP contribution >= 0.6 is 0 Å². The van der Waals surface area contributed by atoms with E-state index in [0.29, 0.717) is 0 Å². The van der Waals surface area contributed by atoms with Gasteiger partial charge >= 0.3 is 0 Å². The van der Waals surface area contributed by atoms with Crippen LogP contribution in [0.4, 0.5) is 0 Å². The van der Waals surface area contributed by atoms with Gasteiger partial charge < -0.3 is 10.6 Å². The molecular formula is C8H16N2O. The van der Waals surface area contributed by atoms with Crippen LogP contribution in [-0.4, -0.2) is 23.4 Å². The third-order valence-electron chi connectivity index (χ3n) is 1.52. The topological polar surface area (TPSA) is 46.3 Å². The van der Waals surface area contributed by atoms with Gasteiger partial charge in [0.15, 0.2) is 0 Å². The number of nitrogens with two attached hydrogens (primary N) is 1. The quantitative estimate of drug-likeness (QED) is 0.599. The maximum Gasteiger partial charge on any atom is 0.242 e. The summed E-state index contributed by atoms with van der Waals surface area (Å²) in [5.41, 5.74) is 4.97. The maximum atomic E-state index is 10.3. The fraction of sp³-hybridized carbons (Fsp3) is 0.625. The largest absolute Gasteiger partial charge is 0.375 e. The molecule has 0 saturated carbocycles. The van der Waals surface area contributed by atoms with Crippen molar-refractivity contribution in [1.82, 2.24) is 4.90 Å². The summed E-state index contributed by atoms with van der Waals surface area (Å²) in [6, 6.07) is 0. The van der Waals surface area contributed by atoms with Gasteiger partial charge in [0.25, 0.3) is 0 Å². The molecule has 3 nitrogen and oxygen atoms in total. The molecule has 0 atom stereocenters. The van der Waals surface area contributed by atoms with Crippen LogP contribution in [0.1, 0.15) is 20.8 Å². The lowest BCUT2D eigenvalue weighted by molar-refractivity contribution is -0.113. The van der Waals surface area contributed by atoms with Crippen molar-refractivity contribution in [2.24, 2.45) is 5.73 Å². The van der Waals surface area contributed by atoms with E-state index in [9.17, 15) is 4.79 Å². The Bertz CT molecular complexity index is 167.